The third kappa shape index (κ3) is 1.07. The van der Waals surface area contributed by atoms with Crippen molar-refractivity contribution < 1.29 is 14.3 Å². The van der Waals surface area contributed by atoms with E-state index in [9.17, 15) is 4.79 Å². The van der Waals surface area contributed by atoms with Gasteiger partial charge in [-0.05, 0) is 0 Å². The zero-order valence-electron chi connectivity index (χ0n) is 6.91. The van der Waals surface area contributed by atoms with Crippen LogP contribution in [0.4, 0.5) is 0 Å². The van der Waals surface area contributed by atoms with E-state index < -0.39 is 11.6 Å². The number of ether oxygens (including phenoxy) is 2. The summed E-state index contributed by atoms with van der Waals surface area (Å²) in [4.78, 5) is 11.6. The van der Waals surface area contributed by atoms with Crippen molar-refractivity contribution in [2.75, 3.05) is 19.8 Å². The Morgan fingerprint density at radius 1 is 1.42 bits per heavy atom. The Morgan fingerprint density at radius 2 is 2.08 bits per heavy atom. The van der Waals surface area contributed by atoms with Gasteiger partial charge in [0.1, 0.15) is 5.60 Å². The van der Waals surface area contributed by atoms with Crippen LogP contribution < -0.4 is 5.73 Å². The van der Waals surface area contributed by atoms with Crippen LogP contribution in [-0.2, 0) is 14.3 Å². The highest BCUT2D eigenvalue weighted by Crippen LogP contribution is 2.31. The number of carbonyl (C=O) groups excluding carboxylic acids is 1. The lowest BCUT2D eigenvalue weighted by atomic mass is 9.89. The molecule has 0 aliphatic carbocycles. The van der Waals surface area contributed by atoms with Gasteiger partial charge in [0.15, 0.2) is 5.78 Å². The third-order valence-corrected chi connectivity index (χ3v) is 2.63. The fourth-order valence-corrected chi connectivity index (χ4v) is 1.83. The maximum Gasteiger partial charge on any atom is 0.183 e. The molecule has 0 radical (unpaired) electrons. The van der Waals surface area contributed by atoms with Crippen LogP contribution in [0.1, 0.15) is 12.8 Å². The Kier molecular flexibility index (Phi) is 1.90. The normalized spacial score (nSPS) is 34.4. The summed E-state index contributed by atoms with van der Waals surface area (Å²) in [6.45, 7) is 1.59. The maximum absolute atomic E-state index is 11.6. The number of hydrogen-bond acceptors (Lipinski definition) is 4. The van der Waals surface area contributed by atoms with Crippen molar-refractivity contribution in [3.8, 4) is 0 Å². The standard InChI is InChI=1S/C8H13NO3/c9-6-5-12-8(7(6)10)1-3-11-4-2-8/h6H,1-5,9H2. The second-order valence-electron chi connectivity index (χ2n) is 3.39. The highest BCUT2D eigenvalue weighted by Gasteiger charge is 2.48. The van der Waals surface area contributed by atoms with Crippen LogP contribution in [0.2, 0.25) is 0 Å². The molecule has 12 heavy (non-hydrogen) atoms. The summed E-state index contributed by atoms with van der Waals surface area (Å²) in [6.07, 6.45) is 1.33. The first-order valence-electron chi connectivity index (χ1n) is 4.26. The Bertz CT molecular complexity index is 193. The molecule has 0 amide bonds. The number of Topliss-reactive ketones (excluding diaryl/α,β-unsaturated/α-hetero) is 1. The smallest absolute Gasteiger partial charge is 0.183 e. The summed E-state index contributed by atoms with van der Waals surface area (Å²) in [7, 11) is 0. The Morgan fingerprint density at radius 3 is 2.58 bits per heavy atom. The van der Waals surface area contributed by atoms with Crippen LogP contribution in [0.15, 0.2) is 0 Å². The van der Waals surface area contributed by atoms with E-state index in [0.717, 1.165) is 0 Å². The first-order valence-corrected chi connectivity index (χ1v) is 4.26. The van der Waals surface area contributed by atoms with E-state index in [4.69, 9.17) is 15.2 Å². The van der Waals surface area contributed by atoms with Gasteiger partial charge in [0.05, 0.1) is 12.6 Å². The van der Waals surface area contributed by atoms with Crippen LogP contribution in [0.25, 0.3) is 0 Å². The van der Waals surface area contributed by atoms with Crippen LogP contribution in [-0.4, -0.2) is 37.2 Å². The first-order chi connectivity index (χ1) is 5.75. The van der Waals surface area contributed by atoms with E-state index in [1.165, 1.54) is 0 Å². The molecule has 2 aliphatic heterocycles. The molecule has 68 valence electrons. The fraction of sp³-hybridized carbons (Fsp3) is 0.875. The summed E-state index contributed by atoms with van der Waals surface area (Å²) < 4.78 is 10.6. The quantitative estimate of drug-likeness (QED) is 0.532. The van der Waals surface area contributed by atoms with Gasteiger partial charge in [-0.3, -0.25) is 4.79 Å². The van der Waals surface area contributed by atoms with Crippen molar-refractivity contribution in [1.29, 1.82) is 0 Å². The molecular formula is C8H13NO3. The lowest BCUT2D eigenvalue weighted by Gasteiger charge is -2.30. The van der Waals surface area contributed by atoms with E-state index in [1.54, 1.807) is 0 Å². The Labute approximate surface area is 71.0 Å². The van der Waals surface area contributed by atoms with Gasteiger partial charge in [-0.15, -0.1) is 0 Å². The van der Waals surface area contributed by atoms with E-state index in [0.29, 0.717) is 32.7 Å². The molecule has 2 N–H and O–H groups in total. The molecule has 4 nitrogen and oxygen atoms in total. The molecule has 4 heteroatoms. The van der Waals surface area contributed by atoms with Crippen molar-refractivity contribution >= 4 is 5.78 Å². The third-order valence-electron chi connectivity index (χ3n) is 2.63. The van der Waals surface area contributed by atoms with Gasteiger partial charge in [0.2, 0.25) is 0 Å². The largest absolute Gasteiger partial charge is 0.381 e. The molecule has 1 spiro atoms. The lowest BCUT2D eigenvalue weighted by molar-refractivity contribution is -0.141. The van der Waals surface area contributed by atoms with Crippen LogP contribution in [0.3, 0.4) is 0 Å². The second-order valence-corrected chi connectivity index (χ2v) is 3.39. The van der Waals surface area contributed by atoms with Gasteiger partial charge in [0, 0.05) is 26.1 Å². The maximum atomic E-state index is 11.6. The van der Waals surface area contributed by atoms with Crippen molar-refractivity contribution in [1.82, 2.24) is 0 Å². The lowest BCUT2D eigenvalue weighted by Crippen LogP contribution is -2.45. The molecule has 0 aromatic heterocycles. The second kappa shape index (κ2) is 2.80. The van der Waals surface area contributed by atoms with E-state index in [-0.39, 0.29) is 5.78 Å². The summed E-state index contributed by atoms with van der Waals surface area (Å²) in [6, 6.07) is -0.414. The van der Waals surface area contributed by atoms with Crippen LogP contribution >= 0.6 is 0 Å². The number of carbonyl (C=O) groups is 1. The minimum absolute atomic E-state index is 0.0609. The molecule has 2 fully saturated rings. The molecule has 0 aromatic rings. The highest BCUT2D eigenvalue weighted by atomic mass is 16.5. The molecule has 0 aromatic carbocycles. The van der Waals surface area contributed by atoms with Crippen molar-refractivity contribution in [3.05, 3.63) is 0 Å². The average Bonchev–Trinajstić information content (AvgIpc) is 2.37. The van der Waals surface area contributed by atoms with E-state index in [2.05, 4.69) is 0 Å². The highest BCUT2D eigenvalue weighted by molar-refractivity contribution is 5.93. The van der Waals surface area contributed by atoms with E-state index in [1.807, 2.05) is 0 Å². The summed E-state index contributed by atoms with van der Waals surface area (Å²) >= 11 is 0. The number of nitrogens with two attached hydrogens (primary N) is 1. The fourth-order valence-electron chi connectivity index (χ4n) is 1.83. The van der Waals surface area contributed by atoms with Crippen molar-refractivity contribution in [3.63, 3.8) is 0 Å². The van der Waals surface area contributed by atoms with Crippen LogP contribution in [0, 0.1) is 0 Å². The topological polar surface area (TPSA) is 61.6 Å². The van der Waals surface area contributed by atoms with E-state index >= 15 is 0 Å². The Hall–Kier alpha value is -0.450. The predicted octanol–water partition coefficient (Wildman–Crippen LogP) is -0.538. The average molecular weight is 171 g/mol. The zero-order valence-corrected chi connectivity index (χ0v) is 6.91. The zero-order chi connectivity index (χ0) is 8.60. The first kappa shape index (κ1) is 8.16. The molecule has 0 bridgehead atoms. The summed E-state index contributed by atoms with van der Waals surface area (Å²) in [5, 5.41) is 0. The van der Waals surface area contributed by atoms with Gasteiger partial charge in [-0.25, -0.2) is 0 Å². The number of hydrogen-bond donors (Lipinski definition) is 1. The minimum Gasteiger partial charge on any atom is -0.381 e. The monoisotopic (exact) mass is 171 g/mol. The minimum atomic E-state index is -0.586. The summed E-state index contributed by atoms with van der Waals surface area (Å²) in [5.74, 6) is 0.0609. The summed E-state index contributed by atoms with van der Waals surface area (Å²) in [5.41, 5.74) is 4.98. The molecule has 1 atom stereocenters. The van der Waals surface area contributed by atoms with Crippen molar-refractivity contribution in [2.24, 2.45) is 5.73 Å². The molecular weight excluding hydrogens is 158 g/mol. The SMILES string of the molecule is NC1COC2(CCOCC2)C1=O. The van der Waals surface area contributed by atoms with Crippen LogP contribution in [0.5, 0.6) is 0 Å². The molecule has 2 rings (SSSR count). The molecule has 0 saturated carbocycles. The Balaban J connectivity index is 2.14. The predicted molar refractivity (Wildman–Crippen MR) is 41.7 cm³/mol. The van der Waals surface area contributed by atoms with Gasteiger partial charge >= 0.3 is 0 Å². The molecule has 2 heterocycles. The van der Waals surface area contributed by atoms with Gasteiger partial charge in [-0.1, -0.05) is 0 Å². The van der Waals surface area contributed by atoms with Gasteiger partial charge in [0.25, 0.3) is 0 Å². The van der Waals surface area contributed by atoms with Gasteiger partial charge < -0.3 is 15.2 Å². The molecule has 1 unspecified atom stereocenters. The van der Waals surface area contributed by atoms with Crippen molar-refractivity contribution in [2.45, 2.75) is 24.5 Å². The van der Waals surface area contributed by atoms with Gasteiger partial charge in [-0.2, -0.15) is 0 Å². The molecule has 2 aliphatic rings. The molecule has 2 saturated heterocycles. The number of rotatable bonds is 0. The number of ketones is 1.